The lowest BCUT2D eigenvalue weighted by Crippen LogP contribution is -2.04. The lowest BCUT2D eigenvalue weighted by molar-refractivity contribution is -0.135. The molecule has 3 nitrogen and oxygen atoms in total. The Morgan fingerprint density at radius 3 is 2.33 bits per heavy atom. The normalized spacial score (nSPS) is 10.7. The predicted octanol–water partition coefficient (Wildman–Crippen LogP) is 0.215. The summed E-state index contributed by atoms with van der Waals surface area (Å²) in [4.78, 5) is 20.3. The van der Waals surface area contributed by atoms with E-state index >= 15 is 0 Å². The third-order valence-electron chi connectivity index (χ3n) is 0.804. The Balaban J connectivity index is 4.14. The molecule has 0 aliphatic carbocycles. The summed E-state index contributed by atoms with van der Waals surface area (Å²) in [5.41, 5.74) is -0.0718. The Kier molecular flexibility index (Phi) is 3.35. The summed E-state index contributed by atoms with van der Waals surface area (Å²) in [5.74, 6) is -0.646. The lowest BCUT2D eigenvalue weighted by Gasteiger charge is -1.92. The average Bonchev–Trinajstić information content (AvgIpc) is 1.90. The van der Waals surface area contributed by atoms with Crippen molar-refractivity contribution in [1.29, 1.82) is 0 Å². The van der Waals surface area contributed by atoms with E-state index in [0.29, 0.717) is 0 Å². The van der Waals surface area contributed by atoms with Gasteiger partial charge in [-0.15, -0.1) is 0 Å². The largest absolute Gasteiger partial charge is 0.465 e. The van der Waals surface area contributed by atoms with Crippen LogP contribution in [0.25, 0.3) is 0 Å². The van der Waals surface area contributed by atoms with Crippen LogP contribution < -0.4 is 0 Å². The maximum absolute atomic E-state index is 10.4. The SMILES string of the molecule is CC=C([C]=O)C(=O)OC. The van der Waals surface area contributed by atoms with Gasteiger partial charge in [0.05, 0.1) is 7.11 Å². The van der Waals surface area contributed by atoms with Crippen LogP contribution in [0.2, 0.25) is 0 Å². The van der Waals surface area contributed by atoms with Crippen molar-refractivity contribution in [3.63, 3.8) is 0 Å². The van der Waals surface area contributed by atoms with Crippen molar-refractivity contribution in [3.8, 4) is 0 Å². The van der Waals surface area contributed by atoms with Crippen LogP contribution >= 0.6 is 0 Å². The number of allylic oxidation sites excluding steroid dienone is 1. The van der Waals surface area contributed by atoms with E-state index in [0.717, 1.165) is 0 Å². The van der Waals surface area contributed by atoms with Gasteiger partial charge in [-0.05, 0) is 6.92 Å². The molecule has 0 rings (SSSR count). The Bertz CT molecular complexity index is 146. The smallest absolute Gasteiger partial charge is 0.341 e. The van der Waals surface area contributed by atoms with Gasteiger partial charge in [-0.3, -0.25) is 4.79 Å². The Morgan fingerprint density at radius 1 is 1.67 bits per heavy atom. The van der Waals surface area contributed by atoms with Crippen LogP contribution in [0, 0.1) is 0 Å². The number of hydrogen-bond acceptors (Lipinski definition) is 3. The zero-order valence-electron chi connectivity index (χ0n) is 5.30. The van der Waals surface area contributed by atoms with Gasteiger partial charge >= 0.3 is 5.97 Å². The number of ether oxygens (including phenoxy) is 1. The topological polar surface area (TPSA) is 43.4 Å². The van der Waals surface area contributed by atoms with Crippen LogP contribution in [-0.2, 0) is 14.3 Å². The average molecular weight is 127 g/mol. The number of rotatable bonds is 2. The number of methoxy groups -OCH3 is 1. The first-order valence-corrected chi connectivity index (χ1v) is 2.39. The summed E-state index contributed by atoms with van der Waals surface area (Å²) < 4.78 is 4.22. The second-order valence-corrected chi connectivity index (χ2v) is 1.30. The molecular weight excluding hydrogens is 120 g/mol. The van der Waals surface area contributed by atoms with E-state index in [1.807, 2.05) is 0 Å². The first kappa shape index (κ1) is 7.88. The van der Waals surface area contributed by atoms with E-state index in [1.54, 1.807) is 6.92 Å². The Labute approximate surface area is 53.3 Å². The summed E-state index contributed by atoms with van der Waals surface area (Å²) in [6.07, 6.45) is 2.79. The molecule has 0 saturated heterocycles. The van der Waals surface area contributed by atoms with Gasteiger partial charge in [-0.1, -0.05) is 6.08 Å². The van der Waals surface area contributed by atoms with Gasteiger partial charge in [0.25, 0.3) is 0 Å². The maximum atomic E-state index is 10.4. The molecule has 0 N–H and O–H groups in total. The second-order valence-electron chi connectivity index (χ2n) is 1.30. The van der Waals surface area contributed by atoms with E-state index < -0.39 is 5.97 Å². The minimum Gasteiger partial charge on any atom is -0.465 e. The van der Waals surface area contributed by atoms with E-state index in [9.17, 15) is 9.59 Å². The molecule has 0 saturated carbocycles. The van der Waals surface area contributed by atoms with Gasteiger partial charge in [0, 0.05) is 0 Å². The van der Waals surface area contributed by atoms with Crippen molar-refractivity contribution in [2.45, 2.75) is 6.92 Å². The quantitative estimate of drug-likeness (QED) is 0.230. The van der Waals surface area contributed by atoms with Gasteiger partial charge < -0.3 is 4.74 Å². The summed E-state index contributed by atoms with van der Waals surface area (Å²) in [7, 11) is 1.21. The summed E-state index contributed by atoms with van der Waals surface area (Å²) in [6.45, 7) is 1.57. The van der Waals surface area contributed by atoms with Crippen LogP contribution in [0.1, 0.15) is 6.92 Å². The number of carbonyl (C=O) groups excluding carboxylic acids is 2. The molecule has 3 heteroatoms. The molecule has 0 aromatic rings. The fourth-order valence-electron chi connectivity index (χ4n) is 0.328. The van der Waals surface area contributed by atoms with E-state index in [2.05, 4.69) is 4.74 Å². The molecule has 0 fully saturated rings. The predicted molar refractivity (Wildman–Crippen MR) is 31.5 cm³/mol. The first-order valence-electron chi connectivity index (χ1n) is 2.39. The van der Waals surface area contributed by atoms with Crippen LogP contribution in [0.5, 0.6) is 0 Å². The second kappa shape index (κ2) is 3.83. The standard InChI is InChI=1S/C6H7O3/c1-3-5(4-7)6(8)9-2/h3H,1-2H3. The van der Waals surface area contributed by atoms with Crippen molar-refractivity contribution in [3.05, 3.63) is 11.6 Å². The highest BCUT2D eigenvalue weighted by atomic mass is 16.5. The van der Waals surface area contributed by atoms with Crippen LogP contribution in [-0.4, -0.2) is 19.4 Å². The van der Waals surface area contributed by atoms with E-state index in [-0.39, 0.29) is 5.57 Å². The highest BCUT2D eigenvalue weighted by molar-refractivity contribution is 6.07. The first-order chi connectivity index (χ1) is 4.26. The van der Waals surface area contributed by atoms with Crippen molar-refractivity contribution in [2.75, 3.05) is 7.11 Å². The van der Waals surface area contributed by atoms with Gasteiger partial charge in [0.15, 0.2) is 0 Å². The molecule has 9 heavy (non-hydrogen) atoms. The molecule has 0 bridgehead atoms. The molecule has 0 spiro atoms. The van der Waals surface area contributed by atoms with Crippen molar-refractivity contribution in [1.82, 2.24) is 0 Å². The summed E-state index contributed by atoms with van der Waals surface area (Å²) >= 11 is 0. The zero-order valence-corrected chi connectivity index (χ0v) is 5.30. The fourth-order valence-corrected chi connectivity index (χ4v) is 0.328. The van der Waals surface area contributed by atoms with Gasteiger partial charge in [0.1, 0.15) is 5.57 Å². The molecule has 1 radical (unpaired) electrons. The van der Waals surface area contributed by atoms with Gasteiger partial charge in [0.2, 0.25) is 6.29 Å². The van der Waals surface area contributed by atoms with Gasteiger partial charge in [-0.2, -0.15) is 0 Å². The minimum absolute atomic E-state index is 0.0718. The molecule has 0 aromatic carbocycles. The number of carbonyl (C=O) groups is 1. The third kappa shape index (κ3) is 2.08. The van der Waals surface area contributed by atoms with Crippen LogP contribution in [0.15, 0.2) is 11.6 Å². The molecule has 0 atom stereocenters. The fraction of sp³-hybridized carbons (Fsp3) is 0.333. The van der Waals surface area contributed by atoms with Crippen molar-refractivity contribution in [2.24, 2.45) is 0 Å². The summed E-state index contributed by atoms with van der Waals surface area (Å²) in [6, 6.07) is 0. The van der Waals surface area contributed by atoms with Crippen molar-refractivity contribution < 1.29 is 14.3 Å². The Morgan fingerprint density at radius 2 is 2.22 bits per heavy atom. The molecule has 0 aliphatic rings. The molecule has 0 heterocycles. The summed E-state index contributed by atoms with van der Waals surface area (Å²) in [5, 5.41) is 0. The molecule has 0 amide bonds. The molecular formula is C6H7O3. The Hall–Kier alpha value is -1.12. The lowest BCUT2D eigenvalue weighted by atomic mass is 10.3. The molecule has 49 valence electrons. The highest BCUT2D eigenvalue weighted by Gasteiger charge is 2.05. The molecule has 0 aromatic heterocycles. The van der Waals surface area contributed by atoms with Crippen molar-refractivity contribution >= 4 is 12.3 Å². The van der Waals surface area contributed by atoms with Gasteiger partial charge in [-0.25, -0.2) is 4.79 Å². The maximum Gasteiger partial charge on any atom is 0.341 e. The number of esters is 1. The molecule has 0 aliphatic heterocycles. The highest BCUT2D eigenvalue weighted by Crippen LogP contribution is 1.90. The van der Waals surface area contributed by atoms with Crippen LogP contribution in [0.3, 0.4) is 0 Å². The van der Waals surface area contributed by atoms with E-state index in [1.165, 1.54) is 19.5 Å². The zero-order chi connectivity index (χ0) is 7.28. The third-order valence-corrected chi connectivity index (χ3v) is 0.804. The monoisotopic (exact) mass is 127 g/mol. The van der Waals surface area contributed by atoms with E-state index in [4.69, 9.17) is 0 Å². The van der Waals surface area contributed by atoms with Crippen LogP contribution in [0.4, 0.5) is 0 Å². The minimum atomic E-state index is -0.646. The number of hydrogen-bond donors (Lipinski definition) is 0. The molecule has 0 unspecified atom stereocenters.